The van der Waals surface area contributed by atoms with E-state index in [1.165, 1.54) is 24.0 Å². The zero-order chi connectivity index (χ0) is 17.4. The van der Waals surface area contributed by atoms with E-state index >= 15 is 0 Å². The van der Waals surface area contributed by atoms with Gasteiger partial charge in [-0.15, -0.1) is 0 Å². The molecule has 2 aromatic carbocycles. The molecule has 130 valence electrons. The number of likely N-dealkylation sites (N-methyl/N-ethyl adjacent to an activating group) is 1. The third-order valence-corrected chi connectivity index (χ3v) is 6.28. The minimum absolute atomic E-state index is 0.336. The summed E-state index contributed by atoms with van der Waals surface area (Å²) in [5.41, 5.74) is 3.53. The Labute approximate surface area is 166 Å². The molecule has 0 bridgehead atoms. The summed E-state index contributed by atoms with van der Waals surface area (Å²) in [6, 6.07) is 14.8. The van der Waals surface area contributed by atoms with Crippen LogP contribution in [0.15, 0.2) is 57.0 Å². The van der Waals surface area contributed by atoms with Crippen molar-refractivity contribution in [3.63, 3.8) is 0 Å². The fourth-order valence-corrected chi connectivity index (χ4v) is 5.33. The Morgan fingerprint density at radius 3 is 2.72 bits per heavy atom. The second-order valence-electron chi connectivity index (χ2n) is 6.91. The molecule has 2 aliphatic rings. The number of rotatable bonds is 3. The van der Waals surface area contributed by atoms with Crippen molar-refractivity contribution < 1.29 is 4.74 Å². The SMILES string of the molecule is CN(Cc1ccccc1)C12CCCCC1=Cc1cc(Br)cc(Br)c1O2. The second kappa shape index (κ2) is 6.90. The van der Waals surface area contributed by atoms with Gasteiger partial charge in [-0.1, -0.05) is 46.3 Å². The summed E-state index contributed by atoms with van der Waals surface area (Å²) in [6.45, 7) is 0.877. The maximum absolute atomic E-state index is 6.73. The van der Waals surface area contributed by atoms with Crippen LogP contribution in [0.3, 0.4) is 0 Å². The molecule has 0 N–H and O–H groups in total. The molecule has 0 aromatic heterocycles. The minimum atomic E-state index is -0.336. The van der Waals surface area contributed by atoms with Gasteiger partial charge in [0.1, 0.15) is 5.75 Å². The molecule has 0 saturated heterocycles. The molecule has 1 heterocycles. The monoisotopic (exact) mass is 461 g/mol. The molecule has 1 aliphatic carbocycles. The molecule has 0 spiro atoms. The van der Waals surface area contributed by atoms with Gasteiger partial charge < -0.3 is 4.74 Å². The Hall–Kier alpha value is -1.10. The van der Waals surface area contributed by atoms with E-state index in [0.717, 1.165) is 39.6 Å². The molecule has 2 aromatic rings. The fraction of sp³-hybridized carbons (Fsp3) is 0.333. The van der Waals surface area contributed by atoms with Crippen molar-refractivity contribution in [2.45, 2.75) is 38.0 Å². The topological polar surface area (TPSA) is 12.5 Å². The number of hydrogen-bond donors (Lipinski definition) is 0. The number of hydrogen-bond acceptors (Lipinski definition) is 2. The van der Waals surface area contributed by atoms with Crippen LogP contribution in [-0.2, 0) is 6.54 Å². The fourth-order valence-electron chi connectivity index (χ4n) is 3.99. The van der Waals surface area contributed by atoms with Crippen LogP contribution in [0.4, 0.5) is 0 Å². The van der Waals surface area contributed by atoms with Gasteiger partial charge >= 0.3 is 0 Å². The molecule has 1 fully saturated rings. The van der Waals surface area contributed by atoms with Crippen molar-refractivity contribution in [3.8, 4) is 5.75 Å². The molecule has 1 unspecified atom stereocenters. The summed E-state index contributed by atoms with van der Waals surface area (Å²) in [7, 11) is 2.18. The Kier molecular flexibility index (Phi) is 4.78. The molecule has 1 aliphatic heterocycles. The second-order valence-corrected chi connectivity index (χ2v) is 8.68. The molecule has 1 saturated carbocycles. The Balaban J connectivity index is 1.74. The van der Waals surface area contributed by atoms with Gasteiger partial charge in [-0.05, 0) is 71.6 Å². The van der Waals surface area contributed by atoms with Gasteiger partial charge in [-0.3, -0.25) is 4.90 Å². The van der Waals surface area contributed by atoms with Crippen molar-refractivity contribution in [1.82, 2.24) is 4.90 Å². The van der Waals surface area contributed by atoms with Crippen LogP contribution >= 0.6 is 31.9 Å². The highest BCUT2D eigenvalue weighted by Gasteiger charge is 2.45. The zero-order valence-electron chi connectivity index (χ0n) is 14.3. The lowest BCUT2D eigenvalue weighted by molar-refractivity contribution is -0.0648. The Morgan fingerprint density at radius 2 is 1.92 bits per heavy atom. The van der Waals surface area contributed by atoms with Crippen molar-refractivity contribution in [3.05, 3.63) is 68.1 Å². The van der Waals surface area contributed by atoms with Gasteiger partial charge in [-0.25, -0.2) is 0 Å². The third kappa shape index (κ3) is 3.20. The molecule has 4 heteroatoms. The van der Waals surface area contributed by atoms with E-state index in [1.807, 2.05) is 0 Å². The zero-order valence-corrected chi connectivity index (χ0v) is 17.4. The Morgan fingerprint density at radius 1 is 1.12 bits per heavy atom. The molecule has 1 atom stereocenters. The number of ether oxygens (including phenoxy) is 1. The predicted molar refractivity (Wildman–Crippen MR) is 110 cm³/mol. The summed E-state index contributed by atoms with van der Waals surface area (Å²) in [4.78, 5) is 2.38. The maximum Gasteiger partial charge on any atom is 0.186 e. The van der Waals surface area contributed by atoms with Gasteiger partial charge in [0.05, 0.1) is 4.47 Å². The number of halogens is 2. The van der Waals surface area contributed by atoms with Crippen molar-refractivity contribution in [1.29, 1.82) is 0 Å². The van der Waals surface area contributed by atoms with Crippen LogP contribution in [-0.4, -0.2) is 17.7 Å². The van der Waals surface area contributed by atoms with E-state index in [0.29, 0.717) is 0 Å². The first-order valence-corrected chi connectivity index (χ1v) is 10.3. The van der Waals surface area contributed by atoms with Gasteiger partial charge in [0.15, 0.2) is 5.72 Å². The lowest BCUT2D eigenvalue weighted by Crippen LogP contribution is -2.54. The van der Waals surface area contributed by atoms with E-state index in [1.54, 1.807) is 0 Å². The normalized spacial score (nSPS) is 22.0. The number of fused-ring (bicyclic) bond motifs is 2. The number of nitrogens with zero attached hydrogens (tertiary/aromatic N) is 1. The first kappa shape index (κ1) is 17.3. The molecule has 25 heavy (non-hydrogen) atoms. The largest absolute Gasteiger partial charge is 0.467 e. The van der Waals surface area contributed by atoms with Crippen molar-refractivity contribution in [2.24, 2.45) is 0 Å². The van der Waals surface area contributed by atoms with Gasteiger partial charge in [0, 0.05) is 23.0 Å². The van der Waals surface area contributed by atoms with Gasteiger partial charge in [-0.2, -0.15) is 0 Å². The van der Waals surface area contributed by atoms with E-state index in [9.17, 15) is 0 Å². The van der Waals surface area contributed by atoms with Crippen LogP contribution in [0.2, 0.25) is 0 Å². The average Bonchev–Trinajstić information content (AvgIpc) is 2.61. The first-order chi connectivity index (χ1) is 12.1. The molecular formula is C21H21Br2NO. The average molecular weight is 463 g/mol. The van der Waals surface area contributed by atoms with Gasteiger partial charge in [0.25, 0.3) is 0 Å². The minimum Gasteiger partial charge on any atom is -0.467 e. The molecule has 4 rings (SSSR count). The summed E-state index contributed by atoms with van der Waals surface area (Å²) >= 11 is 7.28. The van der Waals surface area contributed by atoms with Crippen molar-refractivity contribution in [2.75, 3.05) is 7.05 Å². The summed E-state index contributed by atoms with van der Waals surface area (Å²) in [6.07, 6.45) is 6.91. The van der Waals surface area contributed by atoms with Crippen LogP contribution in [0.1, 0.15) is 36.8 Å². The molecule has 2 nitrogen and oxygen atoms in total. The lowest BCUT2D eigenvalue weighted by atomic mass is 9.82. The first-order valence-electron chi connectivity index (χ1n) is 8.73. The van der Waals surface area contributed by atoms with E-state index in [4.69, 9.17) is 4.74 Å². The predicted octanol–water partition coefficient (Wildman–Crippen LogP) is 6.39. The molecule has 0 amide bonds. The third-order valence-electron chi connectivity index (χ3n) is 5.23. The molecule has 0 radical (unpaired) electrons. The van der Waals surface area contributed by atoms with E-state index in [-0.39, 0.29) is 5.72 Å². The van der Waals surface area contributed by atoms with Crippen molar-refractivity contribution >= 4 is 37.9 Å². The summed E-state index contributed by atoms with van der Waals surface area (Å²) in [5.74, 6) is 0.953. The Bertz CT molecular complexity index is 818. The standard InChI is InChI=1S/C21H21Br2NO/c1-24(14-15-7-3-2-4-8-15)21-10-6-5-9-17(21)11-16-12-18(22)13-19(23)20(16)25-21/h2-4,7-8,11-13H,5-6,9-10,14H2,1H3. The summed E-state index contributed by atoms with van der Waals surface area (Å²) < 4.78 is 8.81. The van der Waals surface area contributed by atoms with Crippen LogP contribution in [0.25, 0.3) is 6.08 Å². The van der Waals surface area contributed by atoms with E-state index in [2.05, 4.69) is 92.3 Å². The van der Waals surface area contributed by atoms with Gasteiger partial charge in [0.2, 0.25) is 0 Å². The lowest BCUT2D eigenvalue weighted by Gasteiger charge is -2.48. The smallest absolute Gasteiger partial charge is 0.186 e. The molecular weight excluding hydrogens is 442 g/mol. The quantitative estimate of drug-likeness (QED) is 0.523. The maximum atomic E-state index is 6.73. The van der Waals surface area contributed by atoms with Crippen LogP contribution in [0.5, 0.6) is 5.75 Å². The highest BCUT2D eigenvalue weighted by molar-refractivity contribution is 9.11. The van der Waals surface area contributed by atoms with Crippen LogP contribution < -0.4 is 4.74 Å². The number of benzene rings is 2. The highest BCUT2D eigenvalue weighted by Crippen LogP contribution is 2.48. The van der Waals surface area contributed by atoms with Crippen LogP contribution in [0, 0.1) is 0 Å². The highest BCUT2D eigenvalue weighted by atomic mass is 79.9. The van der Waals surface area contributed by atoms with E-state index < -0.39 is 0 Å². The summed E-state index contributed by atoms with van der Waals surface area (Å²) in [5, 5.41) is 0.